The van der Waals surface area contributed by atoms with Crippen LogP contribution in [-0.4, -0.2) is 24.0 Å². The van der Waals surface area contributed by atoms with Gasteiger partial charge in [0.15, 0.2) is 5.69 Å². The summed E-state index contributed by atoms with van der Waals surface area (Å²) in [6.45, 7) is 2.40. The Morgan fingerprint density at radius 3 is 2.94 bits per heavy atom. The van der Waals surface area contributed by atoms with Crippen molar-refractivity contribution in [2.24, 2.45) is 0 Å². The van der Waals surface area contributed by atoms with Crippen LogP contribution in [0.4, 0.5) is 0 Å². The van der Waals surface area contributed by atoms with Gasteiger partial charge in [0.2, 0.25) is 5.91 Å². The fourth-order valence-electron chi connectivity index (χ4n) is 1.19. The molecule has 0 radical (unpaired) electrons. The standard InChI is InChI=1S/C11H16N2O3S/c1-3-4-5-9(14)12-6-10-13-8(7-17-10)11(15)16-2/h7H,3-6H2,1-2H3,(H,12,14). The molecule has 0 saturated carbocycles. The van der Waals surface area contributed by atoms with Crippen molar-refractivity contribution in [3.05, 3.63) is 16.1 Å². The van der Waals surface area contributed by atoms with Crippen molar-refractivity contribution < 1.29 is 14.3 Å². The highest BCUT2D eigenvalue weighted by atomic mass is 32.1. The Balaban J connectivity index is 2.39. The highest BCUT2D eigenvalue weighted by Gasteiger charge is 2.10. The maximum Gasteiger partial charge on any atom is 0.357 e. The lowest BCUT2D eigenvalue weighted by atomic mass is 10.2. The summed E-state index contributed by atoms with van der Waals surface area (Å²) < 4.78 is 4.55. The molecule has 1 aromatic heterocycles. The average molecular weight is 256 g/mol. The number of hydrogen-bond donors (Lipinski definition) is 1. The molecule has 0 spiro atoms. The minimum atomic E-state index is -0.454. The summed E-state index contributed by atoms with van der Waals surface area (Å²) in [5.41, 5.74) is 0.287. The number of hydrogen-bond acceptors (Lipinski definition) is 5. The minimum absolute atomic E-state index is 0.0154. The Kier molecular flexibility index (Phi) is 5.62. The smallest absolute Gasteiger partial charge is 0.357 e. The zero-order valence-electron chi connectivity index (χ0n) is 9.99. The van der Waals surface area contributed by atoms with Crippen LogP contribution in [-0.2, 0) is 16.1 Å². The number of methoxy groups -OCH3 is 1. The van der Waals surface area contributed by atoms with E-state index in [4.69, 9.17) is 0 Å². The van der Waals surface area contributed by atoms with Gasteiger partial charge >= 0.3 is 5.97 Å². The number of rotatable bonds is 6. The Labute approximate surface area is 104 Å². The maximum absolute atomic E-state index is 11.3. The van der Waals surface area contributed by atoms with Crippen molar-refractivity contribution in [2.45, 2.75) is 32.7 Å². The van der Waals surface area contributed by atoms with Crippen molar-refractivity contribution in [3.63, 3.8) is 0 Å². The van der Waals surface area contributed by atoms with Crippen LogP contribution in [0.3, 0.4) is 0 Å². The van der Waals surface area contributed by atoms with Crippen LogP contribution in [0.15, 0.2) is 5.38 Å². The van der Waals surface area contributed by atoms with Gasteiger partial charge in [0.25, 0.3) is 0 Å². The molecule has 1 aromatic rings. The number of esters is 1. The van der Waals surface area contributed by atoms with Gasteiger partial charge in [-0.3, -0.25) is 4.79 Å². The lowest BCUT2D eigenvalue weighted by Gasteiger charge is -2.01. The number of nitrogens with zero attached hydrogens (tertiary/aromatic N) is 1. The van der Waals surface area contributed by atoms with Gasteiger partial charge < -0.3 is 10.1 Å². The Hall–Kier alpha value is -1.43. The number of amides is 1. The molecule has 0 unspecified atom stereocenters. The van der Waals surface area contributed by atoms with Crippen molar-refractivity contribution >= 4 is 23.2 Å². The van der Waals surface area contributed by atoms with E-state index in [1.807, 2.05) is 6.92 Å². The van der Waals surface area contributed by atoms with E-state index in [2.05, 4.69) is 15.0 Å². The number of unbranched alkanes of at least 4 members (excludes halogenated alkanes) is 1. The Morgan fingerprint density at radius 2 is 2.29 bits per heavy atom. The summed E-state index contributed by atoms with van der Waals surface area (Å²) in [7, 11) is 1.31. The summed E-state index contributed by atoms with van der Waals surface area (Å²) in [6.07, 6.45) is 2.42. The molecule has 0 fully saturated rings. The van der Waals surface area contributed by atoms with Crippen molar-refractivity contribution in [1.82, 2.24) is 10.3 Å². The molecule has 0 bridgehead atoms. The highest BCUT2D eigenvalue weighted by Crippen LogP contribution is 2.10. The lowest BCUT2D eigenvalue weighted by Crippen LogP contribution is -2.22. The molecule has 5 nitrogen and oxygen atoms in total. The van der Waals surface area contributed by atoms with Crippen LogP contribution in [0.2, 0.25) is 0 Å². The second kappa shape index (κ2) is 7.01. The number of carbonyl (C=O) groups is 2. The first-order chi connectivity index (χ1) is 8.17. The van der Waals surface area contributed by atoms with E-state index in [0.717, 1.165) is 12.8 Å². The molecule has 1 N–H and O–H groups in total. The molecule has 17 heavy (non-hydrogen) atoms. The van der Waals surface area contributed by atoms with E-state index in [-0.39, 0.29) is 11.6 Å². The van der Waals surface area contributed by atoms with Gasteiger partial charge in [-0.25, -0.2) is 9.78 Å². The molecular weight excluding hydrogens is 240 g/mol. The summed E-state index contributed by atoms with van der Waals surface area (Å²) in [5, 5.41) is 5.09. The van der Waals surface area contributed by atoms with E-state index in [1.165, 1.54) is 18.4 Å². The van der Waals surface area contributed by atoms with E-state index in [9.17, 15) is 9.59 Å². The van der Waals surface area contributed by atoms with Crippen LogP contribution in [0.25, 0.3) is 0 Å². The average Bonchev–Trinajstić information content (AvgIpc) is 2.81. The third kappa shape index (κ3) is 4.52. The maximum atomic E-state index is 11.3. The topological polar surface area (TPSA) is 68.3 Å². The summed E-state index contributed by atoms with van der Waals surface area (Å²) >= 11 is 1.33. The van der Waals surface area contributed by atoms with Gasteiger partial charge in [-0.05, 0) is 6.42 Å². The fourth-order valence-corrected chi connectivity index (χ4v) is 1.89. The largest absolute Gasteiger partial charge is 0.464 e. The summed E-state index contributed by atoms with van der Waals surface area (Å²) in [5.74, 6) is -0.438. The fraction of sp³-hybridized carbons (Fsp3) is 0.545. The summed E-state index contributed by atoms with van der Waals surface area (Å²) in [6, 6.07) is 0. The molecule has 0 atom stereocenters. The lowest BCUT2D eigenvalue weighted by molar-refractivity contribution is -0.121. The van der Waals surface area contributed by atoms with Crippen LogP contribution in [0.1, 0.15) is 41.7 Å². The number of nitrogens with one attached hydrogen (secondary N) is 1. The zero-order valence-corrected chi connectivity index (χ0v) is 10.8. The van der Waals surface area contributed by atoms with Gasteiger partial charge in [-0.1, -0.05) is 13.3 Å². The molecule has 0 aliphatic carbocycles. The number of carbonyl (C=O) groups excluding carboxylic acids is 2. The highest BCUT2D eigenvalue weighted by molar-refractivity contribution is 7.09. The first-order valence-electron chi connectivity index (χ1n) is 5.46. The molecular formula is C11H16N2O3S. The normalized spacial score (nSPS) is 10.0. The van der Waals surface area contributed by atoms with Crippen LogP contribution < -0.4 is 5.32 Å². The SMILES string of the molecule is CCCCC(=O)NCc1nc(C(=O)OC)cs1. The number of aromatic nitrogens is 1. The predicted octanol–water partition coefficient (Wildman–Crippen LogP) is 1.74. The van der Waals surface area contributed by atoms with Gasteiger partial charge in [-0.15, -0.1) is 11.3 Å². The molecule has 0 aliphatic heterocycles. The molecule has 0 aliphatic rings. The molecule has 0 saturated heterocycles. The first kappa shape index (κ1) is 13.6. The van der Waals surface area contributed by atoms with Crippen LogP contribution >= 0.6 is 11.3 Å². The quantitative estimate of drug-likeness (QED) is 0.787. The van der Waals surface area contributed by atoms with Gasteiger partial charge in [0.1, 0.15) is 5.01 Å². The Bertz CT molecular complexity index is 390. The van der Waals surface area contributed by atoms with Crippen LogP contribution in [0, 0.1) is 0 Å². The predicted molar refractivity (Wildman–Crippen MR) is 64.8 cm³/mol. The van der Waals surface area contributed by atoms with Crippen molar-refractivity contribution in [2.75, 3.05) is 7.11 Å². The van der Waals surface area contributed by atoms with E-state index < -0.39 is 5.97 Å². The minimum Gasteiger partial charge on any atom is -0.464 e. The van der Waals surface area contributed by atoms with Crippen molar-refractivity contribution in [3.8, 4) is 0 Å². The molecule has 94 valence electrons. The third-order valence-corrected chi connectivity index (χ3v) is 2.99. The van der Waals surface area contributed by atoms with E-state index >= 15 is 0 Å². The summed E-state index contributed by atoms with van der Waals surface area (Å²) in [4.78, 5) is 26.5. The zero-order chi connectivity index (χ0) is 12.7. The molecule has 0 aromatic carbocycles. The molecule has 1 heterocycles. The second-order valence-electron chi connectivity index (χ2n) is 3.50. The van der Waals surface area contributed by atoms with Gasteiger partial charge in [0, 0.05) is 11.8 Å². The third-order valence-electron chi connectivity index (χ3n) is 2.14. The van der Waals surface area contributed by atoms with E-state index in [1.54, 1.807) is 5.38 Å². The monoisotopic (exact) mass is 256 g/mol. The second-order valence-corrected chi connectivity index (χ2v) is 4.44. The first-order valence-corrected chi connectivity index (χ1v) is 6.34. The van der Waals surface area contributed by atoms with Crippen molar-refractivity contribution in [1.29, 1.82) is 0 Å². The number of ether oxygens (including phenoxy) is 1. The Morgan fingerprint density at radius 1 is 1.53 bits per heavy atom. The molecule has 1 amide bonds. The van der Waals surface area contributed by atoms with Gasteiger partial charge in [0.05, 0.1) is 13.7 Å². The van der Waals surface area contributed by atoms with E-state index in [0.29, 0.717) is 18.0 Å². The molecule has 6 heteroatoms. The van der Waals surface area contributed by atoms with Crippen LogP contribution in [0.5, 0.6) is 0 Å². The van der Waals surface area contributed by atoms with Gasteiger partial charge in [-0.2, -0.15) is 0 Å². The molecule has 1 rings (SSSR count). The number of thiazole rings is 1.